The van der Waals surface area contributed by atoms with Gasteiger partial charge in [-0.15, -0.1) is 10.2 Å². The lowest BCUT2D eigenvalue weighted by Crippen LogP contribution is -2.24. The normalized spacial score (nSPS) is 10.8. The maximum absolute atomic E-state index is 13.9. The number of nitrogens with two attached hydrogens (primary N) is 2. The van der Waals surface area contributed by atoms with Crippen molar-refractivity contribution in [2.24, 2.45) is 0 Å². The Balaban J connectivity index is 0.000000209. The Bertz CT molecular complexity index is 2380. The summed E-state index contributed by atoms with van der Waals surface area (Å²) in [4.78, 5) is 34.1. The van der Waals surface area contributed by atoms with Crippen LogP contribution < -0.4 is 21.7 Å². The van der Waals surface area contributed by atoms with E-state index in [1.54, 1.807) is 38.4 Å². The lowest BCUT2D eigenvalue weighted by atomic mass is 10.2. The molecule has 6 aromatic rings. The number of nitrogen functional groups attached to an aromatic ring is 2. The molecule has 0 radical (unpaired) electrons. The van der Waals surface area contributed by atoms with Crippen LogP contribution in [0.15, 0.2) is 57.7 Å². The quantitative estimate of drug-likeness (QED) is 0.0677. The van der Waals surface area contributed by atoms with E-state index in [0.29, 0.717) is 40.2 Å². The number of aromatic nitrogens is 6. The molecule has 0 atom stereocenters. The molecule has 0 fully saturated rings. The maximum Gasteiger partial charge on any atom is 0.345 e. The van der Waals surface area contributed by atoms with Crippen LogP contribution in [0, 0.1) is 11.6 Å². The number of hydrogen-bond donors (Lipinski definition) is 5. The van der Waals surface area contributed by atoms with Crippen LogP contribution in [0.5, 0.6) is 11.5 Å². The molecule has 2 aromatic carbocycles. The minimum absolute atomic E-state index is 0.0247. The molecule has 0 saturated heterocycles. The SMILES string of the molecule is CCNCc1c(O)ccc(F)c1Br.CCOC(=O)c1c(N)nn2ccc(Cl)nc12.CCOC(=O)c1c(N)nn2ccc(N(CC)Cc3c(O)ccc(F)c3Br)nc12. The van der Waals surface area contributed by atoms with E-state index in [4.69, 9.17) is 32.5 Å². The van der Waals surface area contributed by atoms with Gasteiger partial charge in [-0.25, -0.2) is 37.4 Å². The topological polar surface area (TPSA) is 221 Å². The second-order valence-corrected chi connectivity index (χ2v) is 13.5. The number of hydrogen-bond acceptors (Lipinski definition) is 14. The summed E-state index contributed by atoms with van der Waals surface area (Å²) in [5.74, 6) is -1.30. The molecular weight excluding hydrogens is 902 g/mol. The third-order valence-corrected chi connectivity index (χ3v) is 9.81. The smallest absolute Gasteiger partial charge is 0.345 e. The number of ether oxygens (including phenoxy) is 2. The molecule has 6 rings (SSSR count). The van der Waals surface area contributed by atoms with E-state index in [1.165, 1.54) is 33.3 Å². The monoisotopic (exact) mass is 938 g/mol. The Labute approximate surface area is 347 Å². The van der Waals surface area contributed by atoms with Crippen molar-refractivity contribution in [2.75, 3.05) is 42.7 Å². The standard InChI is InChI=1S/C18H19BrFN5O3.C9H11BrFNO.C9H9ClN4O2/c1-3-24(9-10-12(26)6-5-11(20)15(10)19)13-7-8-25-17(22-13)14(16(21)23-25)18(27)28-4-2;1-2-12-5-6-8(13)4-3-7(11)9(6)10;1-2-16-9(15)6-7(11)13-14-4-3-5(10)12-8(6)14/h5-8,26H,3-4,9H2,1-2H3,(H2,21,23);3-4,12-13H,2,5H2,1H3;3-4H,2H2,1H3,(H2,11,13). The van der Waals surface area contributed by atoms with Crippen LogP contribution in [0.25, 0.3) is 11.3 Å². The minimum atomic E-state index is -0.604. The Morgan fingerprint density at radius 2 is 1.30 bits per heavy atom. The van der Waals surface area contributed by atoms with Crippen molar-refractivity contribution in [2.45, 2.75) is 40.8 Å². The lowest BCUT2D eigenvalue weighted by Gasteiger charge is -2.23. The predicted molar refractivity (Wildman–Crippen MR) is 217 cm³/mol. The number of rotatable bonds is 11. The third-order valence-electron chi connectivity index (χ3n) is 7.88. The van der Waals surface area contributed by atoms with E-state index < -0.39 is 17.8 Å². The van der Waals surface area contributed by atoms with Crippen molar-refractivity contribution < 1.29 is 38.1 Å². The van der Waals surface area contributed by atoms with Crippen LogP contribution >= 0.6 is 43.5 Å². The molecule has 0 saturated carbocycles. The number of halogens is 5. The highest BCUT2D eigenvalue weighted by molar-refractivity contribution is 9.10. The van der Waals surface area contributed by atoms with Crippen LogP contribution in [-0.4, -0.2) is 77.7 Å². The van der Waals surface area contributed by atoms with Gasteiger partial charge in [0.2, 0.25) is 0 Å². The summed E-state index contributed by atoms with van der Waals surface area (Å²) in [5.41, 5.74) is 13.2. The molecular formula is C36H39Br2ClF2N10O6. The van der Waals surface area contributed by atoms with E-state index in [0.717, 1.165) is 6.54 Å². The number of esters is 2. The van der Waals surface area contributed by atoms with Gasteiger partial charge in [0.05, 0.1) is 22.2 Å². The first-order valence-corrected chi connectivity index (χ1v) is 19.2. The van der Waals surface area contributed by atoms with Crippen molar-refractivity contribution in [3.8, 4) is 11.5 Å². The van der Waals surface area contributed by atoms with Gasteiger partial charge in [-0.1, -0.05) is 18.5 Å². The highest BCUT2D eigenvalue weighted by Crippen LogP contribution is 2.32. The number of nitrogens with zero attached hydrogens (tertiary/aromatic N) is 7. The van der Waals surface area contributed by atoms with E-state index >= 15 is 0 Å². The number of anilines is 3. The lowest BCUT2D eigenvalue weighted by molar-refractivity contribution is 0.0519. The summed E-state index contributed by atoms with van der Waals surface area (Å²) in [5, 5.41) is 30.8. The summed E-state index contributed by atoms with van der Waals surface area (Å²) < 4.78 is 40.1. The number of phenolic OH excluding ortho intramolecular Hbond substituents is 2. The number of fused-ring (bicyclic) bond motifs is 2. The molecule has 16 nitrogen and oxygen atoms in total. The van der Waals surface area contributed by atoms with Gasteiger partial charge >= 0.3 is 11.9 Å². The number of benzene rings is 2. The molecule has 0 aliphatic carbocycles. The van der Waals surface area contributed by atoms with Crippen LogP contribution in [0.3, 0.4) is 0 Å². The van der Waals surface area contributed by atoms with E-state index in [1.807, 2.05) is 18.7 Å². The minimum Gasteiger partial charge on any atom is -0.508 e. The van der Waals surface area contributed by atoms with E-state index in [2.05, 4.69) is 57.3 Å². The summed E-state index contributed by atoms with van der Waals surface area (Å²) >= 11 is 12.0. The van der Waals surface area contributed by atoms with Gasteiger partial charge in [-0.05, 0) is 95.6 Å². The zero-order chi connectivity index (χ0) is 42.0. The van der Waals surface area contributed by atoms with Crippen molar-refractivity contribution >= 4 is 84.1 Å². The van der Waals surface area contributed by atoms with Crippen molar-refractivity contribution in [1.29, 1.82) is 0 Å². The van der Waals surface area contributed by atoms with E-state index in [9.17, 15) is 28.6 Å². The number of phenols is 2. The number of nitrogens with one attached hydrogen (secondary N) is 1. The molecule has 0 aliphatic heterocycles. The fourth-order valence-electron chi connectivity index (χ4n) is 5.11. The van der Waals surface area contributed by atoms with Gasteiger partial charge in [-0.3, -0.25) is 0 Å². The molecule has 0 spiro atoms. The Morgan fingerprint density at radius 3 is 1.81 bits per heavy atom. The summed E-state index contributed by atoms with van der Waals surface area (Å²) in [7, 11) is 0. The summed E-state index contributed by atoms with van der Waals surface area (Å²) in [6.07, 6.45) is 3.20. The molecule has 4 aromatic heterocycles. The van der Waals surface area contributed by atoms with Crippen LogP contribution in [0.1, 0.15) is 59.5 Å². The maximum atomic E-state index is 13.9. The average Bonchev–Trinajstić information content (AvgIpc) is 3.69. The fourth-order valence-corrected chi connectivity index (χ4v) is 6.19. The molecule has 7 N–H and O–H groups in total. The molecule has 0 amide bonds. The third kappa shape index (κ3) is 10.6. The van der Waals surface area contributed by atoms with Crippen LogP contribution in [0.4, 0.5) is 26.2 Å². The molecule has 21 heteroatoms. The Kier molecular flexibility index (Phi) is 15.7. The first-order valence-electron chi connectivity index (χ1n) is 17.2. The van der Waals surface area contributed by atoms with Gasteiger partial charge in [0, 0.05) is 43.2 Å². The van der Waals surface area contributed by atoms with Crippen molar-refractivity contribution in [3.63, 3.8) is 0 Å². The summed E-state index contributed by atoms with van der Waals surface area (Å²) in [6.45, 7) is 9.66. The molecule has 4 heterocycles. The summed E-state index contributed by atoms with van der Waals surface area (Å²) in [6, 6.07) is 8.32. The van der Waals surface area contributed by atoms with Gasteiger partial charge in [0.25, 0.3) is 0 Å². The van der Waals surface area contributed by atoms with Crippen molar-refractivity contribution in [1.82, 2.24) is 34.5 Å². The van der Waals surface area contributed by atoms with Crippen LogP contribution in [-0.2, 0) is 22.6 Å². The first-order chi connectivity index (χ1) is 27.2. The molecule has 0 bridgehead atoms. The number of aromatic hydroxyl groups is 2. The second kappa shape index (κ2) is 20.2. The number of carbonyl (C=O) groups is 2. The molecule has 57 heavy (non-hydrogen) atoms. The van der Waals surface area contributed by atoms with Gasteiger partial charge in [0.1, 0.15) is 45.2 Å². The second-order valence-electron chi connectivity index (χ2n) is 11.5. The average molecular weight is 941 g/mol. The van der Waals surface area contributed by atoms with E-state index in [-0.39, 0.29) is 75.1 Å². The Morgan fingerprint density at radius 1 is 0.807 bits per heavy atom. The fraction of sp³-hybridized carbons (Fsp3) is 0.278. The van der Waals surface area contributed by atoms with Gasteiger partial charge < -0.3 is 41.4 Å². The molecule has 0 aliphatic rings. The molecule has 0 unspecified atom stereocenters. The number of carbonyl (C=O) groups excluding carboxylic acids is 2. The zero-order valence-electron chi connectivity index (χ0n) is 31.1. The predicted octanol–water partition coefficient (Wildman–Crippen LogP) is 6.67. The van der Waals surface area contributed by atoms with Crippen LogP contribution in [0.2, 0.25) is 5.15 Å². The highest BCUT2D eigenvalue weighted by atomic mass is 79.9. The van der Waals surface area contributed by atoms with Gasteiger partial charge in [-0.2, -0.15) is 0 Å². The Hall–Kier alpha value is -5.31. The highest BCUT2D eigenvalue weighted by Gasteiger charge is 2.23. The zero-order valence-corrected chi connectivity index (χ0v) is 35.0. The van der Waals surface area contributed by atoms with Crippen molar-refractivity contribution in [3.05, 3.63) is 96.8 Å². The molecule has 304 valence electrons. The van der Waals surface area contributed by atoms with Gasteiger partial charge in [0.15, 0.2) is 22.9 Å². The first kappa shape index (κ1) is 44.4. The largest absolute Gasteiger partial charge is 0.508 e.